The average Bonchev–Trinajstić information content (AvgIpc) is 3.29. The number of fused-ring (bicyclic) bond motifs is 3. The van der Waals surface area contributed by atoms with Crippen molar-refractivity contribution in [3.05, 3.63) is 28.3 Å². The van der Waals surface area contributed by atoms with Crippen LogP contribution >= 0.6 is 11.6 Å². The Labute approximate surface area is 199 Å². The number of carbonyl (C=O) groups is 2. The minimum Gasteiger partial charge on any atom is -0.349 e. The first-order valence-corrected chi connectivity index (χ1v) is 13.4. The fraction of sp³-hybridized carbons (Fsp3) is 0.636. The Morgan fingerprint density at radius 3 is 2.39 bits per heavy atom. The van der Waals surface area contributed by atoms with Gasteiger partial charge in [0.2, 0.25) is 5.91 Å². The van der Waals surface area contributed by atoms with Crippen LogP contribution in [0.4, 0.5) is 5.69 Å². The van der Waals surface area contributed by atoms with E-state index in [1.165, 1.54) is 0 Å². The molecule has 0 aliphatic carbocycles. The lowest BCUT2D eigenvalue weighted by atomic mass is 9.99. The number of anilines is 1. The fourth-order valence-electron chi connectivity index (χ4n) is 5.82. The molecule has 9 nitrogen and oxygen atoms in total. The van der Waals surface area contributed by atoms with E-state index in [9.17, 15) is 18.0 Å². The minimum absolute atomic E-state index is 0.0987. The van der Waals surface area contributed by atoms with Gasteiger partial charge in [-0.05, 0) is 63.3 Å². The van der Waals surface area contributed by atoms with E-state index in [2.05, 4.69) is 16.0 Å². The van der Waals surface area contributed by atoms with Gasteiger partial charge in [0.05, 0.1) is 17.0 Å². The monoisotopic (exact) mass is 495 g/mol. The summed E-state index contributed by atoms with van der Waals surface area (Å²) < 4.78 is 30.2. The molecule has 5 rings (SSSR count). The first kappa shape index (κ1) is 23.0. The summed E-state index contributed by atoms with van der Waals surface area (Å²) in [6.45, 7) is 1.08. The Hall–Kier alpha value is -1.72. The summed E-state index contributed by atoms with van der Waals surface area (Å²) in [5.74, 6) is -0.393. The van der Waals surface area contributed by atoms with E-state index < -0.39 is 10.2 Å². The summed E-state index contributed by atoms with van der Waals surface area (Å²) in [4.78, 5) is 24.6. The smallest absolute Gasteiger partial charge is 0.282 e. The van der Waals surface area contributed by atoms with Gasteiger partial charge in [0.1, 0.15) is 0 Å². The number of nitrogens with one attached hydrogen (secondary N) is 3. The van der Waals surface area contributed by atoms with E-state index in [4.69, 9.17) is 11.6 Å². The molecular formula is C22H30ClN5O4S. The Bertz CT molecular complexity index is 1060. The van der Waals surface area contributed by atoms with Gasteiger partial charge in [-0.2, -0.15) is 17.0 Å². The van der Waals surface area contributed by atoms with Gasteiger partial charge in [-0.3, -0.25) is 9.59 Å². The lowest BCUT2D eigenvalue weighted by molar-refractivity contribution is -0.115. The highest BCUT2D eigenvalue weighted by molar-refractivity contribution is 7.86. The second-order valence-corrected chi connectivity index (χ2v) is 11.8. The van der Waals surface area contributed by atoms with Crippen molar-refractivity contribution in [2.24, 2.45) is 0 Å². The minimum atomic E-state index is -3.51. The Morgan fingerprint density at radius 2 is 1.76 bits per heavy atom. The standard InChI is InChI=1S/C22H30ClN5O4S/c1-24-14-4-6-27(7-5-14)33(31,32)28-16-2-3-17(28)11-15(10-16)25-22(30)18-8-13-9-21(29)26-20(13)12-19(18)23/h8,12,14-17,24H,2-7,9-11H2,1H3,(H,25,30)(H,26,29)/t15-,16-,17+. The summed E-state index contributed by atoms with van der Waals surface area (Å²) in [5.41, 5.74) is 1.76. The summed E-state index contributed by atoms with van der Waals surface area (Å²) in [5, 5.41) is 9.34. The number of nitrogens with zero attached hydrogens (tertiary/aromatic N) is 2. The van der Waals surface area contributed by atoms with Crippen LogP contribution in [0.25, 0.3) is 0 Å². The van der Waals surface area contributed by atoms with E-state index in [0.717, 1.165) is 31.2 Å². The zero-order valence-electron chi connectivity index (χ0n) is 18.6. The summed E-state index contributed by atoms with van der Waals surface area (Å²) in [6.07, 6.45) is 4.70. The molecule has 0 radical (unpaired) electrons. The lowest BCUT2D eigenvalue weighted by Crippen LogP contribution is -2.57. The predicted molar refractivity (Wildman–Crippen MR) is 125 cm³/mol. The summed E-state index contributed by atoms with van der Waals surface area (Å²) in [6, 6.07) is 3.35. The third kappa shape index (κ3) is 4.27. The highest BCUT2D eigenvalue weighted by atomic mass is 35.5. The van der Waals surface area contributed by atoms with Gasteiger partial charge in [0.15, 0.2) is 0 Å². The lowest BCUT2D eigenvalue weighted by Gasteiger charge is -2.42. The van der Waals surface area contributed by atoms with E-state index in [-0.39, 0.29) is 36.4 Å². The van der Waals surface area contributed by atoms with Crippen LogP contribution in [0.2, 0.25) is 5.02 Å². The Kier molecular flexibility index (Phi) is 6.15. The molecule has 1 aromatic rings. The summed E-state index contributed by atoms with van der Waals surface area (Å²) >= 11 is 6.32. The van der Waals surface area contributed by atoms with Crippen molar-refractivity contribution in [1.82, 2.24) is 19.2 Å². The van der Waals surface area contributed by atoms with Crippen molar-refractivity contribution in [3.63, 3.8) is 0 Å². The van der Waals surface area contributed by atoms with Crippen LogP contribution < -0.4 is 16.0 Å². The van der Waals surface area contributed by atoms with Crippen molar-refractivity contribution < 1.29 is 18.0 Å². The maximum atomic E-state index is 13.4. The van der Waals surface area contributed by atoms with Gasteiger partial charge in [0, 0.05) is 42.9 Å². The van der Waals surface area contributed by atoms with E-state index in [1.807, 2.05) is 7.05 Å². The molecule has 2 amide bonds. The molecule has 3 N–H and O–H groups in total. The number of carbonyl (C=O) groups excluding carboxylic acids is 2. The number of amides is 2. The molecule has 0 unspecified atom stereocenters. The van der Waals surface area contributed by atoms with Crippen LogP contribution in [0, 0.1) is 0 Å². The third-order valence-corrected chi connectivity index (χ3v) is 9.98. The number of benzene rings is 1. The van der Waals surface area contributed by atoms with E-state index >= 15 is 0 Å². The molecule has 0 saturated carbocycles. The molecular weight excluding hydrogens is 466 g/mol. The van der Waals surface area contributed by atoms with Crippen molar-refractivity contribution >= 4 is 39.3 Å². The number of hydrogen-bond donors (Lipinski definition) is 3. The molecule has 4 heterocycles. The average molecular weight is 496 g/mol. The highest BCUT2D eigenvalue weighted by Gasteiger charge is 2.49. The molecule has 3 fully saturated rings. The second kappa shape index (κ2) is 8.81. The predicted octanol–water partition coefficient (Wildman–Crippen LogP) is 1.49. The molecule has 4 aliphatic heterocycles. The topological polar surface area (TPSA) is 111 Å². The molecule has 1 aromatic carbocycles. The van der Waals surface area contributed by atoms with Gasteiger partial charge in [-0.25, -0.2) is 0 Å². The van der Waals surface area contributed by atoms with Crippen molar-refractivity contribution in [2.75, 3.05) is 25.5 Å². The molecule has 2 bridgehead atoms. The van der Waals surface area contributed by atoms with Crippen LogP contribution in [0.1, 0.15) is 54.4 Å². The maximum Gasteiger partial charge on any atom is 0.282 e. The van der Waals surface area contributed by atoms with Crippen LogP contribution in [0.5, 0.6) is 0 Å². The van der Waals surface area contributed by atoms with Crippen LogP contribution in [-0.2, 0) is 21.4 Å². The van der Waals surface area contributed by atoms with Crippen molar-refractivity contribution in [2.45, 2.75) is 69.1 Å². The number of hydrogen-bond acceptors (Lipinski definition) is 5. The highest BCUT2D eigenvalue weighted by Crippen LogP contribution is 2.39. The van der Waals surface area contributed by atoms with Gasteiger partial charge in [-0.1, -0.05) is 11.6 Å². The van der Waals surface area contributed by atoms with Gasteiger partial charge in [-0.15, -0.1) is 0 Å². The van der Waals surface area contributed by atoms with Crippen LogP contribution in [0.15, 0.2) is 12.1 Å². The fourth-order valence-corrected chi connectivity index (χ4v) is 8.15. The maximum absolute atomic E-state index is 13.4. The van der Waals surface area contributed by atoms with Crippen molar-refractivity contribution in [1.29, 1.82) is 0 Å². The van der Waals surface area contributed by atoms with Gasteiger partial charge >= 0.3 is 0 Å². The zero-order valence-corrected chi connectivity index (χ0v) is 20.2. The van der Waals surface area contributed by atoms with E-state index in [1.54, 1.807) is 20.7 Å². The first-order chi connectivity index (χ1) is 15.8. The quantitative estimate of drug-likeness (QED) is 0.573. The molecule has 180 valence electrons. The molecule has 0 spiro atoms. The molecule has 11 heteroatoms. The largest absolute Gasteiger partial charge is 0.349 e. The van der Waals surface area contributed by atoms with Crippen LogP contribution in [0.3, 0.4) is 0 Å². The normalized spacial score (nSPS) is 28.5. The Balaban J connectivity index is 1.25. The number of rotatable bonds is 5. The number of piperidine rings is 2. The van der Waals surface area contributed by atoms with E-state index in [0.29, 0.717) is 48.2 Å². The SMILES string of the molecule is CNC1CCN(S(=O)(=O)N2[C@@H]3CC[C@H]2C[C@H](NC(=O)c2cc4c(cc2Cl)NC(=O)C4)C3)CC1. The van der Waals surface area contributed by atoms with Gasteiger partial charge < -0.3 is 16.0 Å². The summed E-state index contributed by atoms with van der Waals surface area (Å²) in [7, 11) is -1.59. The first-order valence-electron chi connectivity index (χ1n) is 11.6. The Morgan fingerprint density at radius 1 is 1.09 bits per heavy atom. The second-order valence-electron chi connectivity index (χ2n) is 9.54. The molecule has 33 heavy (non-hydrogen) atoms. The zero-order chi connectivity index (χ0) is 23.3. The van der Waals surface area contributed by atoms with Crippen LogP contribution in [-0.4, -0.2) is 73.1 Å². The molecule has 4 aliphatic rings. The molecule has 3 atom stereocenters. The number of halogens is 1. The molecule has 3 saturated heterocycles. The van der Waals surface area contributed by atoms with Gasteiger partial charge in [0.25, 0.3) is 16.1 Å². The third-order valence-electron chi connectivity index (χ3n) is 7.52. The molecule has 0 aromatic heterocycles. The van der Waals surface area contributed by atoms with Crippen molar-refractivity contribution in [3.8, 4) is 0 Å².